The molecule has 0 aliphatic rings. The molecule has 0 spiro atoms. The Morgan fingerprint density at radius 3 is 2.31 bits per heavy atom. The van der Waals surface area contributed by atoms with Gasteiger partial charge in [-0.15, -0.1) is 11.3 Å². The number of hydrogen-bond acceptors (Lipinski definition) is 5. The van der Waals surface area contributed by atoms with E-state index in [1.165, 1.54) is 0 Å². The molecule has 0 saturated carbocycles. The highest BCUT2D eigenvalue weighted by molar-refractivity contribution is 7.09. The Bertz CT molecular complexity index is 1380. The van der Waals surface area contributed by atoms with E-state index in [1.54, 1.807) is 24.5 Å². The normalized spacial score (nSPS) is 11.1. The van der Waals surface area contributed by atoms with Gasteiger partial charge in [0.15, 0.2) is 0 Å². The van der Waals surface area contributed by atoms with Crippen molar-refractivity contribution in [2.45, 2.75) is 20.4 Å². The van der Waals surface area contributed by atoms with Crippen LogP contribution in [0.1, 0.15) is 21.8 Å². The Labute approximate surface area is 208 Å². The standard InChI is InChI=1S/C28H25N3O3S/c1-19-15-21(16-22(17-29)28(32)30-18-27-5-4-14-35-27)20(2)31(19)23-6-8-25(9-7-23)34-26-12-10-24(33-3)11-13-26/h4-16H,18H2,1-3H3,(H,30,32). The summed E-state index contributed by atoms with van der Waals surface area (Å²) in [6, 6.07) is 23.1. The fourth-order valence-corrected chi connectivity index (χ4v) is 4.40. The summed E-state index contributed by atoms with van der Waals surface area (Å²) in [4.78, 5) is 13.6. The summed E-state index contributed by atoms with van der Waals surface area (Å²) in [6.07, 6.45) is 1.64. The molecule has 2 aromatic carbocycles. The number of carbonyl (C=O) groups is 1. The highest BCUT2D eigenvalue weighted by atomic mass is 32.1. The number of ether oxygens (including phenoxy) is 2. The third-order valence-corrected chi connectivity index (χ3v) is 6.40. The van der Waals surface area contributed by atoms with Gasteiger partial charge in [-0.3, -0.25) is 4.79 Å². The van der Waals surface area contributed by atoms with Gasteiger partial charge in [0.05, 0.1) is 13.7 Å². The maximum Gasteiger partial charge on any atom is 0.262 e. The molecule has 0 unspecified atom stereocenters. The van der Waals surface area contributed by atoms with Crippen LogP contribution in [0.4, 0.5) is 0 Å². The van der Waals surface area contributed by atoms with Gasteiger partial charge in [0, 0.05) is 22.0 Å². The first kappa shape index (κ1) is 23.9. The van der Waals surface area contributed by atoms with Crippen molar-refractivity contribution in [2.24, 2.45) is 0 Å². The molecule has 7 heteroatoms. The van der Waals surface area contributed by atoms with E-state index in [-0.39, 0.29) is 11.5 Å². The Hall–Kier alpha value is -4.28. The Balaban J connectivity index is 1.51. The van der Waals surface area contributed by atoms with E-state index in [4.69, 9.17) is 9.47 Å². The van der Waals surface area contributed by atoms with Crippen molar-refractivity contribution in [2.75, 3.05) is 7.11 Å². The third kappa shape index (κ3) is 5.62. The number of thiophene rings is 1. The molecule has 1 N–H and O–H groups in total. The molecule has 4 aromatic rings. The summed E-state index contributed by atoms with van der Waals surface area (Å²) in [6.45, 7) is 4.37. The topological polar surface area (TPSA) is 76.3 Å². The van der Waals surface area contributed by atoms with E-state index in [2.05, 4.69) is 9.88 Å². The van der Waals surface area contributed by atoms with E-state index < -0.39 is 0 Å². The molecule has 0 aliphatic carbocycles. The number of aryl methyl sites for hydroxylation is 1. The minimum absolute atomic E-state index is 0.0741. The number of benzene rings is 2. The first-order valence-corrected chi connectivity index (χ1v) is 11.9. The van der Waals surface area contributed by atoms with Gasteiger partial charge in [-0.2, -0.15) is 5.26 Å². The van der Waals surface area contributed by atoms with Gasteiger partial charge >= 0.3 is 0 Å². The number of aromatic nitrogens is 1. The van der Waals surface area contributed by atoms with Crippen molar-refractivity contribution >= 4 is 23.3 Å². The molecule has 176 valence electrons. The number of amides is 1. The van der Waals surface area contributed by atoms with E-state index in [1.807, 2.05) is 92.0 Å². The summed E-state index contributed by atoms with van der Waals surface area (Å²) >= 11 is 1.56. The van der Waals surface area contributed by atoms with Crippen LogP contribution in [-0.4, -0.2) is 17.6 Å². The molecule has 2 aromatic heterocycles. The van der Waals surface area contributed by atoms with Crippen molar-refractivity contribution in [3.05, 3.63) is 99.5 Å². The number of hydrogen-bond donors (Lipinski definition) is 1. The number of rotatable bonds is 8. The van der Waals surface area contributed by atoms with Crippen LogP contribution in [0.25, 0.3) is 11.8 Å². The van der Waals surface area contributed by atoms with Crippen molar-refractivity contribution < 1.29 is 14.3 Å². The van der Waals surface area contributed by atoms with Crippen LogP contribution in [0.2, 0.25) is 0 Å². The van der Waals surface area contributed by atoms with Crippen molar-refractivity contribution in [1.29, 1.82) is 5.26 Å². The van der Waals surface area contributed by atoms with Gasteiger partial charge in [-0.1, -0.05) is 6.07 Å². The quantitative estimate of drug-likeness (QED) is 0.240. The van der Waals surface area contributed by atoms with Gasteiger partial charge in [0.1, 0.15) is 28.9 Å². The second-order valence-corrected chi connectivity index (χ2v) is 8.90. The average molecular weight is 484 g/mol. The third-order valence-electron chi connectivity index (χ3n) is 5.53. The molecule has 0 radical (unpaired) electrons. The summed E-state index contributed by atoms with van der Waals surface area (Å²) in [7, 11) is 1.63. The number of carbonyl (C=O) groups excluding carboxylic acids is 1. The summed E-state index contributed by atoms with van der Waals surface area (Å²) in [5, 5.41) is 14.3. The second kappa shape index (κ2) is 10.8. The molecule has 0 fully saturated rings. The SMILES string of the molecule is COc1ccc(Oc2ccc(-n3c(C)cc(C=C(C#N)C(=O)NCc4cccs4)c3C)cc2)cc1. The Morgan fingerprint density at radius 1 is 1.06 bits per heavy atom. The smallest absolute Gasteiger partial charge is 0.262 e. The number of nitrogens with zero attached hydrogens (tertiary/aromatic N) is 2. The molecule has 4 rings (SSSR count). The molecule has 0 atom stereocenters. The highest BCUT2D eigenvalue weighted by Gasteiger charge is 2.14. The summed E-state index contributed by atoms with van der Waals surface area (Å²) in [5.41, 5.74) is 3.79. The van der Waals surface area contributed by atoms with Gasteiger partial charge in [0.25, 0.3) is 5.91 Å². The number of methoxy groups -OCH3 is 1. The molecule has 1 amide bonds. The Kier molecular flexibility index (Phi) is 7.34. The van der Waals surface area contributed by atoms with Crippen LogP contribution in [0.5, 0.6) is 17.2 Å². The minimum atomic E-state index is -0.384. The zero-order valence-electron chi connectivity index (χ0n) is 19.7. The van der Waals surface area contributed by atoms with Gasteiger partial charge < -0.3 is 19.4 Å². The lowest BCUT2D eigenvalue weighted by Gasteiger charge is -2.11. The summed E-state index contributed by atoms with van der Waals surface area (Å²) in [5.74, 6) is 1.83. The fourth-order valence-electron chi connectivity index (χ4n) is 3.75. The van der Waals surface area contributed by atoms with Gasteiger partial charge in [-0.25, -0.2) is 0 Å². The van der Waals surface area contributed by atoms with E-state index in [0.717, 1.165) is 44.8 Å². The largest absolute Gasteiger partial charge is 0.497 e. The molecule has 0 aliphatic heterocycles. The van der Waals surface area contributed by atoms with Crippen molar-refractivity contribution in [3.8, 4) is 29.0 Å². The minimum Gasteiger partial charge on any atom is -0.497 e. The Morgan fingerprint density at radius 2 is 1.71 bits per heavy atom. The molecular formula is C28H25N3O3S. The van der Waals surface area contributed by atoms with Crippen LogP contribution in [0.3, 0.4) is 0 Å². The van der Waals surface area contributed by atoms with Crippen molar-refractivity contribution in [3.63, 3.8) is 0 Å². The van der Waals surface area contributed by atoms with Gasteiger partial charge in [-0.05, 0) is 91.5 Å². The van der Waals surface area contributed by atoms with E-state index in [9.17, 15) is 10.1 Å². The molecule has 6 nitrogen and oxygen atoms in total. The molecule has 2 heterocycles. The lowest BCUT2D eigenvalue weighted by Crippen LogP contribution is -2.23. The molecule has 0 bridgehead atoms. The second-order valence-electron chi connectivity index (χ2n) is 7.87. The number of nitrogens with one attached hydrogen (secondary N) is 1. The summed E-state index contributed by atoms with van der Waals surface area (Å²) < 4.78 is 13.2. The first-order valence-electron chi connectivity index (χ1n) is 11.0. The fraction of sp³-hybridized carbons (Fsp3) is 0.143. The van der Waals surface area contributed by atoms with Crippen LogP contribution in [0.15, 0.2) is 77.7 Å². The van der Waals surface area contributed by atoms with E-state index in [0.29, 0.717) is 6.54 Å². The van der Waals surface area contributed by atoms with E-state index >= 15 is 0 Å². The zero-order valence-corrected chi connectivity index (χ0v) is 20.6. The lowest BCUT2D eigenvalue weighted by molar-refractivity contribution is -0.117. The zero-order chi connectivity index (χ0) is 24.8. The molecule has 35 heavy (non-hydrogen) atoms. The molecular weight excluding hydrogens is 458 g/mol. The monoisotopic (exact) mass is 483 g/mol. The van der Waals surface area contributed by atoms with Crippen LogP contribution < -0.4 is 14.8 Å². The lowest BCUT2D eigenvalue weighted by atomic mass is 10.1. The molecule has 0 saturated heterocycles. The van der Waals surface area contributed by atoms with Crippen LogP contribution >= 0.6 is 11.3 Å². The van der Waals surface area contributed by atoms with Crippen molar-refractivity contribution in [1.82, 2.24) is 9.88 Å². The van der Waals surface area contributed by atoms with Crippen LogP contribution in [0, 0.1) is 25.2 Å². The first-order chi connectivity index (χ1) is 17.0. The average Bonchev–Trinajstić information content (AvgIpc) is 3.49. The maximum absolute atomic E-state index is 12.5. The van der Waals surface area contributed by atoms with Crippen LogP contribution in [-0.2, 0) is 11.3 Å². The van der Waals surface area contributed by atoms with Gasteiger partial charge in [0.2, 0.25) is 0 Å². The maximum atomic E-state index is 12.5. The highest BCUT2D eigenvalue weighted by Crippen LogP contribution is 2.27. The predicted octanol–water partition coefficient (Wildman–Crippen LogP) is 6.18. The number of nitriles is 1. The predicted molar refractivity (Wildman–Crippen MR) is 138 cm³/mol.